The molecule has 1 N–H and O–H groups in total. The number of nitrogens with zero attached hydrogens (tertiary/aromatic N) is 1. The number of amides is 3. The van der Waals surface area contributed by atoms with Gasteiger partial charge in [-0.15, -0.1) is 0 Å². The van der Waals surface area contributed by atoms with E-state index in [1.54, 1.807) is 18.2 Å². The second-order valence-electron chi connectivity index (χ2n) is 6.77. The summed E-state index contributed by atoms with van der Waals surface area (Å²) < 4.78 is 0. The van der Waals surface area contributed by atoms with Gasteiger partial charge in [0.1, 0.15) is 6.54 Å². The van der Waals surface area contributed by atoms with E-state index in [0.717, 1.165) is 16.9 Å². The topological polar surface area (TPSA) is 66.5 Å². The number of rotatable bonds is 3. The Bertz CT molecular complexity index is 758. The van der Waals surface area contributed by atoms with Crippen molar-refractivity contribution in [3.05, 3.63) is 40.9 Å². The third-order valence-electron chi connectivity index (χ3n) is 5.34. The molecular weight excluding hydrogens is 328 g/mol. The number of carbonyl (C=O) groups excluding carboxylic acids is 3. The number of hydrogen-bond donors (Lipinski definition) is 1. The minimum Gasteiger partial charge on any atom is -0.324 e. The summed E-state index contributed by atoms with van der Waals surface area (Å²) in [5.41, 5.74) is 1.46. The van der Waals surface area contributed by atoms with Gasteiger partial charge in [-0.1, -0.05) is 29.8 Å². The maximum absolute atomic E-state index is 12.6. The molecule has 1 aromatic rings. The molecule has 24 heavy (non-hydrogen) atoms. The predicted octanol–water partition coefficient (Wildman–Crippen LogP) is 2.39. The lowest BCUT2D eigenvalue weighted by Crippen LogP contribution is -2.39. The number of carbonyl (C=O) groups is 3. The summed E-state index contributed by atoms with van der Waals surface area (Å²) >= 11 is 5.94. The lowest BCUT2D eigenvalue weighted by Gasteiger charge is -2.17. The van der Waals surface area contributed by atoms with Gasteiger partial charge in [0.05, 0.1) is 11.8 Å². The predicted molar refractivity (Wildman–Crippen MR) is 89.3 cm³/mol. The van der Waals surface area contributed by atoms with Crippen LogP contribution in [0.25, 0.3) is 0 Å². The Labute approximate surface area is 144 Å². The monoisotopic (exact) mass is 344 g/mol. The molecule has 0 aromatic heterocycles. The molecular formula is C18H17ClN2O3. The van der Waals surface area contributed by atoms with E-state index in [9.17, 15) is 14.4 Å². The summed E-state index contributed by atoms with van der Waals surface area (Å²) in [7, 11) is 0. The molecule has 0 radical (unpaired) electrons. The van der Waals surface area contributed by atoms with E-state index in [1.807, 2.05) is 19.1 Å². The number of fused-ring (bicyclic) bond motifs is 5. The molecule has 3 amide bonds. The zero-order valence-electron chi connectivity index (χ0n) is 13.2. The van der Waals surface area contributed by atoms with Crippen LogP contribution in [0.15, 0.2) is 30.4 Å². The van der Waals surface area contributed by atoms with Crippen LogP contribution < -0.4 is 5.32 Å². The fraction of sp³-hybridized carbons (Fsp3) is 0.389. The molecule has 5 nitrogen and oxygen atoms in total. The van der Waals surface area contributed by atoms with Crippen LogP contribution in [0.5, 0.6) is 0 Å². The van der Waals surface area contributed by atoms with E-state index in [4.69, 9.17) is 11.6 Å². The maximum Gasteiger partial charge on any atom is 0.244 e. The van der Waals surface area contributed by atoms with Crippen LogP contribution in [-0.2, 0) is 14.4 Å². The average molecular weight is 345 g/mol. The van der Waals surface area contributed by atoms with Crippen molar-refractivity contribution in [2.24, 2.45) is 23.7 Å². The van der Waals surface area contributed by atoms with E-state index in [2.05, 4.69) is 5.32 Å². The lowest BCUT2D eigenvalue weighted by molar-refractivity contribution is -0.143. The van der Waals surface area contributed by atoms with E-state index >= 15 is 0 Å². The van der Waals surface area contributed by atoms with Crippen LogP contribution in [0.2, 0.25) is 5.02 Å². The van der Waals surface area contributed by atoms with Gasteiger partial charge in [0.25, 0.3) is 0 Å². The van der Waals surface area contributed by atoms with Crippen molar-refractivity contribution in [3.8, 4) is 0 Å². The van der Waals surface area contributed by atoms with E-state index in [1.165, 1.54) is 0 Å². The van der Waals surface area contributed by atoms with Crippen molar-refractivity contribution in [1.82, 2.24) is 4.90 Å². The van der Waals surface area contributed by atoms with Crippen molar-refractivity contribution in [2.75, 3.05) is 11.9 Å². The van der Waals surface area contributed by atoms with Gasteiger partial charge in [-0.2, -0.15) is 0 Å². The van der Waals surface area contributed by atoms with E-state index in [-0.39, 0.29) is 47.9 Å². The summed E-state index contributed by atoms with van der Waals surface area (Å²) in [5.74, 6) is -1.04. The van der Waals surface area contributed by atoms with Crippen molar-refractivity contribution in [1.29, 1.82) is 0 Å². The standard InChI is InChI=1S/C18H17ClN2O3/c1-9-2-5-12(19)7-13(9)20-14(22)8-21-17(23)15-10-3-4-11(6-10)16(15)18(21)24/h2-5,7,10-11,15-16H,6,8H2,1H3,(H,20,22)/t10-,11+,15+,16-. The van der Waals surface area contributed by atoms with Gasteiger partial charge in [0.2, 0.25) is 17.7 Å². The number of aryl methyl sites for hydroxylation is 1. The van der Waals surface area contributed by atoms with Crippen LogP contribution in [-0.4, -0.2) is 29.2 Å². The van der Waals surface area contributed by atoms with Crippen LogP contribution in [0.3, 0.4) is 0 Å². The van der Waals surface area contributed by atoms with Gasteiger partial charge in [0.15, 0.2) is 0 Å². The molecule has 1 aromatic carbocycles. The Hall–Kier alpha value is -2.14. The first-order valence-corrected chi connectivity index (χ1v) is 8.43. The largest absolute Gasteiger partial charge is 0.324 e. The highest BCUT2D eigenvalue weighted by atomic mass is 35.5. The Morgan fingerprint density at radius 2 is 1.83 bits per heavy atom. The number of likely N-dealkylation sites (tertiary alicyclic amines) is 1. The fourth-order valence-corrected chi connectivity index (χ4v) is 4.35. The summed E-state index contributed by atoms with van der Waals surface area (Å²) in [6, 6.07) is 5.20. The minimum atomic E-state index is -0.387. The Morgan fingerprint density at radius 3 is 2.46 bits per heavy atom. The van der Waals surface area contributed by atoms with Crippen molar-refractivity contribution in [3.63, 3.8) is 0 Å². The Balaban J connectivity index is 1.48. The number of nitrogens with one attached hydrogen (secondary N) is 1. The maximum atomic E-state index is 12.6. The highest BCUT2D eigenvalue weighted by Crippen LogP contribution is 2.52. The van der Waals surface area contributed by atoms with Gasteiger partial charge < -0.3 is 5.32 Å². The first-order chi connectivity index (χ1) is 11.5. The minimum absolute atomic E-state index is 0.152. The molecule has 2 aliphatic carbocycles. The SMILES string of the molecule is Cc1ccc(Cl)cc1NC(=O)CN1C(=O)[C@@H]2[C@H](C1=O)[C@H]1C=C[C@@H]2C1. The molecule has 3 aliphatic rings. The molecule has 0 unspecified atom stereocenters. The first-order valence-electron chi connectivity index (χ1n) is 8.05. The van der Waals surface area contributed by atoms with E-state index in [0.29, 0.717) is 10.7 Å². The molecule has 124 valence electrons. The first kappa shape index (κ1) is 15.4. The van der Waals surface area contributed by atoms with Crippen molar-refractivity contribution >= 4 is 35.0 Å². The summed E-state index contributed by atoms with van der Waals surface area (Å²) in [4.78, 5) is 38.6. The smallest absolute Gasteiger partial charge is 0.244 e. The lowest BCUT2D eigenvalue weighted by atomic mass is 9.85. The number of allylic oxidation sites excluding steroid dienone is 2. The van der Waals surface area contributed by atoms with Gasteiger partial charge >= 0.3 is 0 Å². The van der Waals surface area contributed by atoms with Gasteiger partial charge in [0, 0.05) is 10.7 Å². The summed E-state index contributed by atoms with van der Waals surface area (Å²) in [5, 5.41) is 3.25. The molecule has 1 aliphatic heterocycles. The third-order valence-corrected chi connectivity index (χ3v) is 5.57. The molecule has 1 saturated carbocycles. The number of anilines is 1. The fourth-order valence-electron chi connectivity index (χ4n) is 4.18. The normalized spacial score (nSPS) is 30.2. The highest BCUT2D eigenvalue weighted by Gasteiger charge is 2.59. The number of halogens is 1. The summed E-state index contributed by atoms with van der Waals surface area (Å²) in [6.07, 6.45) is 4.96. The van der Waals surface area contributed by atoms with Gasteiger partial charge in [-0.3, -0.25) is 19.3 Å². The van der Waals surface area contributed by atoms with Crippen LogP contribution in [0.1, 0.15) is 12.0 Å². The molecule has 2 bridgehead atoms. The third kappa shape index (κ3) is 2.26. The van der Waals surface area contributed by atoms with Crippen molar-refractivity contribution < 1.29 is 14.4 Å². The second-order valence-corrected chi connectivity index (χ2v) is 7.21. The van der Waals surface area contributed by atoms with Crippen LogP contribution >= 0.6 is 11.6 Å². The second kappa shape index (κ2) is 5.45. The zero-order valence-corrected chi connectivity index (χ0v) is 13.9. The Kier molecular flexibility index (Phi) is 3.49. The zero-order chi connectivity index (χ0) is 17.0. The molecule has 0 spiro atoms. The van der Waals surface area contributed by atoms with Gasteiger partial charge in [-0.05, 0) is 42.9 Å². The average Bonchev–Trinajstić information content (AvgIpc) is 3.21. The molecule has 6 heteroatoms. The molecule has 1 saturated heterocycles. The molecule has 2 fully saturated rings. The van der Waals surface area contributed by atoms with Crippen molar-refractivity contribution in [2.45, 2.75) is 13.3 Å². The summed E-state index contributed by atoms with van der Waals surface area (Å²) in [6.45, 7) is 1.61. The Morgan fingerprint density at radius 1 is 1.21 bits per heavy atom. The number of benzene rings is 1. The quantitative estimate of drug-likeness (QED) is 0.676. The van der Waals surface area contributed by atoms with Crippen LogP contribution in [0.4, 0.5) is 5.69 Å². The number of hydrogen-bond acceptors (Lipinski definition) is 3. The van der Waals surface area contributed by atoms with E-state index < -0.39 is 0 Å². The molecule has 4 atom stereocenters. The molecule has 4 rings (SSSR count). The molecule has 1 heterocycles. The van der Waals surface area contributed by atoms with Crippen LogP contribution in [0, 0.1) is 30.6 Å². The highest BCUT2D eigenvalue weighted by molar-refractivity contribution is 6.31. The number of imide groups is 1. The van der Waals surface area contributed by atoms with Gasteiger partial charge in [-0.25, -0.2) is 0 Å².